The summed E-state index contributed by atoms with van der Waals surface area (Å²) in [4.78, 5) is 0. The Morgan fingerprint density at radius 1 is 1.80 bits per heavy atom. The van der Waals surface area contributed by atoms with Crippen LogP contribution in [0.4, 0.5) is 0 Å². The van der Waals surface area contributed by atoms with E-state index in [1.807, 2.05) is 18.8 Å². The van der Waals surface area contributed by atoms with Gasteiger partial charge in [0.25, 0.3) is 0 Å². The van der Waals surface area contributed by atoms with E-state index in [9.17, 15) is 0 Å². The lowest BCUT2D eigenvalue weighted by molar-refractivity contribution is 0.0551. The molecule has 0 saturated carbocycles. The van der Waals surface area contributed by atoms with Crippen LogP contribution >= 0.6 is 23.4 Å². The fourth-order valence-electron chi connectivity index (χ4n) is 1.68. The minimum Gasteiger partial charge on any atom is -0.374 e. The minimum atomic E-state index is -0.196. The highest BCUT2D eigenvalue weighted by molar-refractivity contribution is 7.99. The lowest BCUT2D eigenvalue weighted by atomic mass is 10.1. The first kappa shape index (κ1) is 11.3. The van der Waals surface area contributed by atoms with E-state index < -0.39 is 0 Å². The molecule has 1 aromatic rings. The third-order valence-electron chi connectivity index (χ3n) is 2.50. The Bertz CT molecular complexity index is 319. The Balaban J connectivity index is 2.15. The number of rotatable bonds is 2. The Kier molecular flexibility index (Phi) is 3.56. The number of nitrogens with two attached hydrogens (primary N) is 1. The molecule has 1 aliphatic rings. The molecule has 1 saturated heterocycles. The van der Waals surface area contributed by atoms with E-state index in [4.69, 9.17) is 22.1 Å². The first-order chi connectivity index (χ1) is 7.20. The van der Waals surface area contributed by atoms with Crippen LogP contribution in [0.1, 0.15) is 11.7 Å². The summed E-state index contributed by atoms with van der Waals surface area (Å²) in [5, 5.41) is 4.69. The molecule has 84 valence electrons. The summed E-state index contributed by atoms with van der Waals surface area (Å²) in [5.41, 5.74) is 6.98. The van der Waals surface area contributed by atoms with Crippen molar-refractivity contribution in [3.05, 3.63) is 16.9 Å². The zero-order valence-electron chi connectivity index (χ0n) is 8.52. The Morgan fingerprint density at radius 3 is 3.13 bits per heavy atom. The summed E-state index contributed by atoms with van der Waals surface area (Å²) in [6.07, 6.45) is 1.66. The highest BCUT2D eigenvalue weighted by Crippen LogP contribution is 2.27. The molecular formula is C9H14ClN3OS. The van der Waals surface area contributed by atoms with Crippen molar-refractivity contribution in [2.75, 3.05) is 18.1 Å². The lowest BCUT2D eigenvalue weighted by Crippen LogP contribution is -2.35. The van der Waals surface area contributed by atoms with Gasteiger partial charge < -0.3 is 10.5 Å². The molecule has 2 N–H and O–H groups in total. The van der Waals surface area contributed by atoms with E-state index >= 15 is 0 Å². The van der Waals surface area contributed by atoms with E-state index in [0.717, 1.165) is 23.8 Å². The smallest absolute Gasteiger partial charge is 0.0873 e. The monoisotopic (exact) mass is 247 g/mol. The average molecular weight is 248 g/mol. The highest BCUT2D eigenvalue weighted by Gasteiger charge is 2.27. The predicted molar refractivity (Wildman–Crippen MR) is 62.2 cm³/mol. The molecule has 0 bridgehead atoms. The second-order valence-corrected chi connectivity index (χ2v) is 5.07. The number of hydrogen-bond donors (Lipinski definition) is 1. The first-order valence-electron chi connectivity index (χ1n) is 4.82. The summed E-state index contributed by atoms with van der Waals surface area (Å²) in [6.45, 7) is 0.762. The molecule has 0 aliphatic carbocycles. The van der Waals surface area contributed by atoms with Crippen molar-refractivity contribution in [3.63, 3.8) is 0 Å². The van der Waals surface area contributed by atoms with E-state index in [-0.39, 0.29) is 12.1 Å². The van der Waals surface area contributed by atoms with Crippen LogP contribution in [0.2, 0.25) is 5.02 Å². The van der Waals surface area contributed by atoms with E-state index in [1.165, 1.54) is 0 Å². The van der Waals surface area contributed by atoms with Gasteiger partial charge in [-0.25, -0.2) is 0 Å². The molecule has 2 atom stereocenters. The molecule has 2 rings (SSSR count). The van der Waals surface area contributed by atoms with Crippen molar-refractivity contribution in [3.8, 4) is 0 Å². The van der Waals surface area contributed by atoms with Crippen LogP contribution in [0.15, 0.2) is 6.20 Å². The topological polar surface area (TPSA) is 53.1 Å². The largest absolute Gasteiger partial charge is 0.374 e. The Morgan fingerprint density at radius 2 is 2.60 bits per heavy atom. The maximum atomic E-state index is 6.13. The van der Waals surface area contributed by atoms with Crippen LogP contribution < -0.4 is 5.73 Å². The van der Waals surface area contributed by atoms with Gasteiger partial charge in [-0.1, -0.05) is 11.6 Å². The van der Waals surface area contributed by atoms with Gasteiger partial charge in [-0.15, -0.1) is 0 Å². The van der Waals surface area contributed by atoms with Crippen LogP contribution in [-0.4, -0.2) is 34.0 Å². The van der Waals surface area contributed by atoms with Gasteiger partial charge in [0.1, 0.15) is 0 Å². The number of nitrogens with zero attached hydrogens (tertiary/aromatic N) is 2. The zero-order chi connectivity index (χ0) is 10.8. The molecule has 0 spiro atoms. The fraction of sp³-hybridized carbons (Fsp3) is 0.667. The standard InChI is InChI=1S/C9H14ClN3OS/c1-13-9(6(10)4-12-13)8(11)7-5-15-3-2-14-7/h4,7-8H,2-3,5,11H2,1H3. The van der Waals surface area contributed by atoms with Crippen molar-refractivity contribution < 1.29 is 4.74 Å². The molecule has 15 heavy (non-hydrogen) atoms. The van der Waals surface area contributed by atoms with Gasteiger partial charge in [-0.3, -0.25) is 4.68 Å². The molecular weight excluding hydrogens is 234 g/mol. The molecule has 1 fully saturated rings. The lowest BCUT2D eigenvalue weighted by Gasteiger charge is -2.27. The summed E-state index contributed by atoms with van der Waals surface area (Å²) in [5.74, 6) is 1.96. The summed E-state index contributed by atoms with van der Waals surface area (Å²) in [7, 11) is 1.84. The Hall–Kier alpha value is -0.230. The highest BCUT2D eigenvalue weighted by atomic mass is 35.5. The molecule has 0 amide bonds. The first-order valence-corrected chi connectivity index (χ1v) is 6.35. The van der Waals surface area contributed by atoms with Crippen molar-refractivity contribution in [2.45, 2.75) is 12.1 Å². The average Bonchev–Trinajstić information content (AvgIpc) is 2.59. The van der Waals surface area contributed by atoms with Crippen LogP contribution in [0, 0.1) is 0 Å². The van der Waals surface area contributed by atoms with Gasteiger partial charge in [-0.2, -0.15) is 16.9 Å². The molecule has 0 aromatic carbocycles. The predicted octanol–water partition coefficient (Wildman–Crippen LogP) is 1.21. The molecule has 0 radical (unpaired) electrons. The van der Waals surface area contributed by atoms with Gasteiger partial charge >= 0.3 is 0 Å². The van der Waals surface area contributed by atoms with Crippen LogP contribution in [0.25, 0.3) is 0 Å². The SMILES string of the molecule is Cn1ncc(Cl)c1C(N)C1CSCCO1. The summed E-state index contributed by atoms with van der Waals surface area (Å²) >= 11 is 7.90. The van der Waals surface area contributed by atoms with Gasteiger partial charge in [0, 0.05) is 18.6 Å². The van der Waals surface area contributed by atoms with Crippen molar-refractivity contribution in [2.24, 2.45) is 12.8 Å². The molecule has 1 aromatic heterocycles. The molecule has 6 heteroatoms. The molecule has 4 nitrogen and oxygen atoms in total. The number of hydrogen-bond acceptors (Lipinski definition) is 4. The second kappa shape index (κ2) is 4.74. The molecule has 1 aliphatic heterocycles. The van der Waals surface area contributed by atoms with Crippen LogP contribution in [0.3, 0.4) is 0 Å². The van der Waals surface area contributed by atoms with Crippen molar-refractivity contribution in [1.82, 2.24) is 9.78 Å². The number of ether oxygens (including phenoxy) is 1. The minimum absolute atomic E-state index is 0.0386. The number of halogens is 1. The van der Waals surface area contributed by atoms with E-state index in [0.29, 0.717) is 5.02 Å². The van der Waals surface area contributed by atoms with Crippen molar-refractivity contribution >= 4 is 23.4 Å². The maximum absolute atomic E-state index is 6.13. The zero-order valence-corrected chi connectivity index (χ0v) is 10.1. The fourth-order valence-corrected chi connectivity index (χ4v) is 2.89. The third kappa shape index (κ3) is 2.30. The number of aromatic nitrogens is 2. The number of aryl methyl sites for hydroxylation is 1. The second-order valence-electron chi connectivity index (χ2n) is 3.51. The van der Waals surface area contributed by atoms with Gasteiger partial charge in [0.15, 0.2) is 0 Å². The van der Waals surface area contributed by atoms with Crippen LogP contribution in [0.5, 0.6) is 0 Å². The van der Waals surface area contributed by atoms with Crippen molar-refractivity contribution in [1.29, 1.82) is 0 Å². The quantitative estimate of drug-likeness (QED) is 0.854. The molecule has 2 unspecified atom stereocenters. The Labute approximate surface area is 98.1 Å². The van der Waals surface area contributed by atoms with Gasteiger partial charge in [-0.05, 0) is 0 Å². The summed E-state index contributed by atoms with van der Waals surface area (Å²) < 4.78 is 7.35. The molecule has 2 heterocycles. The van der Waals surface area contributed by atoms with Gasteiger partial charge in [0.05, 0.1) is 35.7 Å². The van der Waals surface area contributed by atoms with Crippen LogP contribution in [-0.2, 0) is 11.8 Å². The summed E-state index contributed by atoms with van der Waals surface area (Å²) in [6, 6.07) is -0.196. The third-order valence-corrected chi connectivity index (χ3v) is 3.81. The normalized spacial score (nSPS) is 24.1. The van der Waals surface area contributed by atoms with Gasteiger partial charge in [0.2, 0.25) is 0 Å². The number of thioether (sulfide) groups is 1. The van der Waals surface area contributed by atoms with E-state index in [2.05, 4.69) is 5.10 Å². The van der Waals surface area contributed by atoms with E-state index in [1.54, 1.807) is 10.9 Å². The maximum Gasteiger partial charge on any atom is 0.0873 e.